The van der Waals surface area contributed by atoms with Gasteiger partial charge in [0, 0.05) is 72.1 Å². The van der Waals surface area contributed by atoms with E-state index in [4.69, 9.17) is 4.98 Å². The predicted molar refractivity (Wildman–Crippen MR) is 371 cm³/mol. The molecule has 0 saturated carbocycles. The third-order valence-corrected chi connectivity index (χ3v) is 11.7. The minimum absolute atomic E-state index is 0. The minimum atomic E-state index is -0.0175. The van der Waals surface area contributed by atoms with Crippen LogP contribution in [0.4, 0.5) is 5.82 Å². The molecule has 0 bridgehead atoms. The van der Waals surface area contributed by atoms with Crippen molar-refractivity contribution in [1.29, 1.82) is 0 Å². The van der Waals surface area contributed by atoms with Crippen LogP contribution in [0.5, 0.6) is 0 Å². The third kappa shape index (κ3) is 36.7. The summed E-state index contributed by atoms with van der Waals surface area (Å²) in [6.45, 7) is 50.4. The predicted octanol–water partition coefficient (Wildman–Crippen LogP) is 19.9. The number of amides is 2. The Kier molecular flexibility index (Phi) is 71.0. The van der Waals surface area contributed by atoms with Crippen molar-refractivity contribution in [2.45, 2.75) is 239 Å². The molecule has 0 saturated heterocycles. The van der Waals surface area contributed by atoms with Crippen LogP contribution in [0.1, 0.15) is 248 Å². The van der Waals surface area contributed by atoms with Crippen molar-refractivity contribution in [2.75, 3.05) is 32.1 Å². The maximum Gasteiger partial charge on any atom is 0.251 e. The smallest absolute Gasteiger partial charge is 0.251 e. The summed E-state index contributed by atoms with van der Waals surface area (Å²) in [6, 6.07) is 24.5. The number of aryl methyl sites for hydroxylation is 7. The van der Waals surface area contributed by atoms with E-state index in [9.17, 15) is 9.59 Å². The number of pyridine rings is 3. The molecule has 3 aromatic heterocycles. The van der Waals surface area contributed by atoms with Gasteiger partial charge in [0.25, 0.3) is 11.8 Å². The molecule has 0 aliphatic carbocycles. The van der Waals surface area contributed by atoms with Crippen molar-refractivity contribution in [3.8, 4) is 0 Å². The number of halogens is 2. The number of hydrogen-bond acceptors (Lipinski definition) is 7. The highest BCUT2D eigenvalue weighted by atomic mass is 127. The van der Waals surface area contributed by atoms with E-state index in [0.717, 1.165) is 114 Å². The fraction of sp³-hybridized carbons (Fsp3) is 0.574. The molecule has 11 heteroatoms. The zero-order chi connectivity index (χ0) is 59.6. The standard InChI is InChI=1S/C20H25N3O.C11H14N2O.C10H15N.C7H8BrN.C4H10.7C2H6.2CH4.HI/c1-4-6-15-9-10-19(22-14(15)2)23-12-11-16-7-5-8-17(18(16)13-23)20(24)21-3;1-12-11(14)9-4-2-3-8-5-6-13-7-10(8)9;1-4-5-10-7-6-8(2)11-9(10)3;1-5-3-4-7(8)6(2)9-5;1-3-4-2;7*1-2;;;/h5,7-10H,4,6,11-13H2,1-3H3,(H,21,24);2-4,13H,5-7H2,1H3,(H,12,14);6-7H,4-5H2,1-3H3;3-4H,1-2H3;3-4H2,1-2H3;7*1-2H3;2*1H4;1H. The Balaban J connectivity index is -0.000000133. The molecule has 0 unspecified atom stereocenters. The monoisotopic (exact) mass is 1280 g/mol. The molecule has 5 aromatic rings. The van der Waals surface area contributed by atoms with Gasteiger partial charge in [-0.15, -0.1) is 24.0 Å². The number of hydrogen-bond donors (Lipinski definition) is 3. The number of rotatable bonds is 8. The van der Waals surface area contributed by atoms with E-state index in [1.165, 1.54) is 47.2 Å². The lowest BCUT2D eigenvalue weighted by molar-refractivity contribution is 0.0953. The minimum Gasteiger partial charge on any atom is -0.355 e. The molecule has 2 aliphatic heterocycles. The zero-order valence-corrected chi connectivity index (χ0v) is 57.7. The first-order valence-corrected chi connectivity index (χ1v) is 30.2. The van der Waals surface area contributed by atoms with Gasteiger partial charge in [0.2, 0.25) is 0 Å². The molecule has 0 spiro atoms. The van der Waals surface area contributed by atoms with Gasteiger partial charge in [-0.2, -0.15) is 0 Å². The third-order valence-electron chi connectivity index (χ3n) is 10.9. The van der Waals surface area contributed by atoms with Crippen LogP contribution < -0.4 is 20.9 Å². The molecule has 9 nitrogen and oxygen atoms in total. The highest BCUT2D eigenvalue weighted by molar-refractivity contribution is 14.0. The van der Waals surface area contributed by atoms with Gasteiger partial charge < -0.3 is 20.9 Å². The first-order chi connectivity index (χ1) is 36.8. The number of carbonyl (C=O) groups excluding carboxylic acids is 2. The van der Waals surface area contributed by atoms with Crippen molar-refractivity contribution >= 4 is 57.5 Å². The van der Waals surface area contributed by atoms with Gasteiger partial charge in [-0.1, -0.05) is 202 Å². The molecule has 79 heavy (non-hydrogen) atoms. The van der Waals surface area contributed by atoms with E-state index < -0.39 is 0 Å². The first kappa shape index (κ1) is 91.3. The summed E-state index contributed by atoms with van der Waals surface area (Å²) in [4.78, 5) is 39.4. The summed E-state index contributed by atoms with van der Waals surface area (Å²) < 4.78 is 1.08. The summed E-state index contributed by atoms with van der Waals surface area (Å²) in [6.07, 6.45) is 9.15. The summed E-state index contributed by atoms with van der Waals surface area (Å²) >= 11 is 3.37. The highest BCUT2D eigenvalue weighted by Crippen LogP contribution is 2.27. The molecule has 2 aromatic carbocycles. The van der Waals surface area contributed by atoms with Crippen LogP contribution in [0, 0.1) is 34.6 Å². The van der Waals surface area contributed by atoms with Gasteiger partial charge in [0.15, 0.2) is 0 Å². The Morgan fingerprint density at radius 1 is 0.532 bits per heavy atom. The van der Waals surface area contributed by atoms with E-state index in [1.807, 2.05) is 154 Å². The lowest BCUT2D eigenvalue weighted by atomic mass is 9.94. The number of benzene rings is 2. The maximum absolute atomic E-state index is 12.2. The van der Waals surface area contributed by atoms with Gasteiger partial charge in [-0.3, -0.25) is 19.6 Å². The van der Waals surface area contributed by atoms with E-state index >= 15 is 0 Å². The molecule has 456 valence electrons. The number of nitrogens with zero attached hydrogens (tertiary/aromatic N) is 4. The van der Waals surface area contributed by atoms with Crippen LogP contribution in [0.3, 0.4) is 0 Å². The lowest BCUT2D eigenvalue weighted by Crippen LogP contribution is -2.33. The van der Waals surface area contributed by atoms with Gasteiger partial charge in [0.1, 0.15) is 5.82 Å². The zero-order valence-electron chi connectivity index (χ0n) is 53.8. The number of fused-ring (bicyclic) bond motifs is 2. The van der Waals surface area contributed by atoms with Crippen LogP contribution >= 0.6 is 39.9 Å². The summed E-state index contributed by atoms with van der Waals surface area (Å²) in [5, 5.41) is 8.69. The number of carbonyl (C=O) groups is 2. The van der Waals surface area contributed by atoms with Crippen LogP contribution in [0.15, 0.2) is 77.3 Å². The van der Waals surface area contributed by atoms with E-state index in [2.05, 4.69) is 125 Å². The molecule has 3 N–H and O–H groups in total. The number of nitrogens with one attached hydrogen (secondary N) is 3. The van der Waals surface area contributed by atoms with E-state index in [0.29, 0.717) is 0 Å². The van der Waals surface area contributed by atoms with Crippen LogP contribution in [-0.2, 0) is 38.8 Å². The van der Waals surface area contributed by atoms with Crippen molar-refractivity contribution in [2.24, 2.45) is 0 Å². The fourth-order valence-corrected chi connectivity index (χ4v) is 7.41. The molecule has 2 aliphatic rings. The summed E-state index contributed by atoms with van der Waals surface area (Å²) in [5.74, 6) is 0.992. The fourth-order valence-electron chi connectivity index (χ4n) is 7.19. The second-order valence-electron chi connectivity index (χ2n) is 15.8. The van der Waals surface area contributed by atoms with Crippen molar-refractivity contribution in [3.63, 3.8) is 0 Å². The van der Waals surface area contributed by atoms with Crippen LogP contribution in [0.2, 0.25) is 0 Å². The Labute approximate surface area is 515 Å². The molecular formula is C68H123BrIN7O2. The Bertz CT molecular complexity index is 2200. The van der Waals surface area contributed by atoms with E-state index in [-0.39, 0.29) is 50.6 Å². The molecule has 2 amide bonds. The topological polar surface area (TPSA) is 112 Å². The highest BCUT2D eigenvalue weighted by Gasteiger charge is 2.23. The SMILES string of the molecule is C.C.CC.CC.CC.CC.CC.CC.CC.CCCC.CCCc1ccc(C)nc1C.CCCc1ccc(N2CCc3cccc(C(=O)NC)c3C2)nc1C.CNC(=O)c1cccc2c1CNCC2.Cc1ccc(Br)c(C)n1.I. The quantitative estimate of drug-likeness (QED) is 0.133. The second-order valence-corrected chi connectivity index (χ2v) is 16.6. The maximum atomic E-state index is 12.2. The van der Waals surface area contributed by atoms with Gasteiger partial charge in [-0.25, -0.2) is 4.98 Å². The first-order valence-electron chi connectivity index (χ1n) is 29.4. The molecule has 7 rings (SSSR count). The van der Waals surface area contributed by atoms with Crippen LogP contribution in [0.25, 0.3) is 0 Å². The van der Waals surface area contributed by atoms with E-state index in [1.54, 1.807) is 14.1 Å². The van der Waals surface area contributed by atoms with Crippen molar-refractivity contribution in [3.05, 3.63) is 150 Å². The molecule has 0 fully saturated rings. The van der Waals surface area contributed by atoms with Gasteiger partial charge in [-0.05, 0) is 153 Å². The largest absolute Gasteiger partial charge is 0.355 e. The average Bonchev–Trinajstić information content (AvgIpc) is 3.48. The normalized spacial score (nSPS) is 10.1. The number of anilines is 1. The second kappa shape index (κ2) is 61.4. The van der Waals surface area contributed by atoms with Crippen molar-refractivity contribution in [1.82, 2.24) is 30.9 Å². The molecule has 0 radical (unpaired) electrons. The molecule has 0 atom stereocenters. The summed E-state index contributed by atoms with van der Waals surface area (Å²) in [5.41, 5.74) is 14.7. The molecule has 5 heterocycles. The number of unbranched alkanes of at least 4 members (excludes halogenated alkanes) is 1. The Morgan fingerprint density at radius 3 is 1.33 bits per heavy atom. The van der Waals surface area contributed by atoms with Gasteiger partial charge >= 0.3 is 0 Å². The average molecular weight is 1280 g/mol. The Hall–Kier alpha value is -4.20. The number of aromatic nitrogens is 3. The summed E-state index contributed by atoms with van der Waals surface area (Å²) in [7, 11) is 3.34. The Morgan fingerprint density at radius 2 is 0.937 bits per heavy atom. The van der Waals surface area contributed by atoms with Crippen LogP contribution in [-0.4, -0.2) is 54.0 Å². The molecular weight excluding hydrogens is 1150 g/mol. The van der Waals surface area contributed by atoms with Crippen molar-refractivity contribution < 1.29 is 9.59 Å². The van der Waals surface area contributed by atoms with Gasteiger partial charge in [0.05, 0.1) is 5.69 Å². The lowest BCUT2D eigenvalue weighted by Gasteiger charge is -2.31.